The van der Waals surface area contributed by atoms with Crippen LogP contribution in [0.4, 0.5) is 5.00 Å². The highest BCUT2D eigenvalue weighted by Gasteiger charge is 2.33. The Hall–Kier alpha value is -1.60. The molecule has 0 radical (unpaired) electrons. The number of carbonyl (C=O) groups is 2. The van der Waals surface area contributed by atoms with Crippen LogP contribution in [0.3, 0.4) is 0 Å². The van der Waals surface area contributed by atoms with Gasteiger partial charge in [0.25, 0.3) is 0 Å². The van der Waals surface area contributed by atoms with Gasteiger partial charge in [0.15, 0.2) is 0 Å². The lowest BCUT2D eigenvalue weighted by Gasteiger charge is -2.27. The minimum Gasteiger partial charge on any atom is -0.462 e. The molecule has 1 aliphatic rings. The first-order valence-electron chi connectivity index (χ1n) is 7.26. The van der Waals surface area contributed by atoms with Gasteiger partial charge in [-0.25, -0.2) is 4.79 Å². The van der Waals surface area contributed by atoms with Crippen molar-refractivity contribution in [2.75, 3.05) is 12.3 Å². The molecule has 22 heavy (non-hydrogen) atoms. The van der Waals surface area contributed by atoms with E-state index in [4.69, 9.17) is 15.2 Å². The third kappa shape index (κ3) is 3.59. The Labute approximate surface area is 134 Å². The molecule has 0 aliphatic carbocycles. The maximum atomic E-state index is 12.1. The van der Waals surface area contributed by atoms with E-state index in [1.165, 1.54) is 11.3 Å². The average molecular weight is 326 g/mol. The molecule has 2 rings (SSSR count). The van der Waals surface area contributed by atoms with E-state index in [1.54, 1.807) is 6.92 Å². The van der Waals surface area contributed by atoms with Crippen molar-refractivity contribution in [1.82, 2.24) is 5.32 Å². The predicted octanol–water partition coefficient (Wildman–Crippen LogP) is 1.86. The second-order valence-corrected chi connectivity index (χ2v) is 7.27. The monoisotopic (exact) mass is 326 g/mol. The second-order valence-electron chi connectivity index (χ2n) is 6.13. The smallest absolute Gasteiger partial charge is 0.341 e. The Balaban J connectivity index is 2.17. The molecule has 122 valence electrons. The summed E-state index contributed by atoms with van der Waals surface area (Å²) in [5, 5.41) is 3.56. The number of nitrogens with one attached hydrogen (secondary N) is 1. The van der Waals surface area contributed by atoms with Crippen LogP contribution in [0.2, 0.25) is 0 Å². The van der Waals surface area contributed by atoms with Gasteiger partial charge in [-0.3, -0.25) is 10.1 Å². The van der Waals surface area contributed by atoms with E-state index < -0.39 is 17.6 Å². The largest absolute Gasteiger partial charge is 0.462 e. The van der Waals surface area contributed by atoms with Crippen LogP contribution < -0.4 is 11.1 Å². The fraction of sp³-hybridized carbons (Fsp3) is 0.600. The summed E-state index contributed by atoms with van der Waals surface area (Å²) in [6.45, 7) is 7.96. The first-order chi connectivity index (χ1) is 10.2. The Morgan fingerprint density at radius 3 is 2.68 bits per heavy atom. The minimum absolute atomic E-state index is 0.289. The highest BCUT2D eigenvalue weighted by molar-refractivity contribution is 7.16. The van der Waals surface area contributed by atoms with Gasteiger partial charge in [0.2, 0.25) is 0 Å². The summed E-state index contributed by atoms with van der Waals surface area (Å²) in [5.74, 6) is -0.696. The zero-order chi connectivity index (χ0) is 16.5. The summed E-state index contributed by atoms with van der Waals surface area (Å²) in [6.07, 6.45) is 0.471. The van der Waals surface area contributed by atoms with Gasteiger partial charge in [-0.2, -0.15) is 0 Å². The number of anilines is 1. The summed E-state index contributed by atoms with van der Waals surface area (Å²) in [7, 11) is 0. The number of hydrogen-bond acceptors (Lipinski definition) is 7. The fourth-order valence-electron chi connectivity index (χ4n) is 2.33. The summed E-state index contributed by atoms with van der Waals surface area (Å²) < 4.78 is 10.4. The second kappa shape index (κ2) is 6.26. The number of thiophene rings is 1. The highest BCUT2D eigenvalue weighted by Crippen LogP contribution is 2.35. The van der Waals surface area contributed by atoms with Gasteiger partial charge < -0.3 is 15.2 Å². The Kier molecular flexibility index (Phi) is 4.77. The van der Waals surface area contributed by atoms with Gasteiger partial charge in [-0.05, 0) is 33.3 Å². The molecule has 0 unspecified atom stereocenters. The SMILES string of the molecule is CCOC(=O)c1c(N)sc2c1CN[C@H](C(=O)OC(C)(C)C)C2. The maximum Gasteiger partial charge on any atom is 0.341 e. The van der Waals surface area contributed by atoms with Crippen molar-refractivity contribution in [3.8, 4) is 0 Å². The molecule has 0 saturated carbocycles. The topological polar surface area (TPSA) is 90.6 Å². The molecule has 3 N–H and O–H groups in total. The molecule has 1 atom stereocenters. The number of nitrogen functional groups attached to an aromatic ring is 1. The predicted molar refractivity (Wildman–Crippen MR) is 84.9 cm³/mol. The molecule has 0 spiro atoms. The molecule has 7 heteroatoms. The molecule has 0 aromatic carbocycles. The van der Waals surface area contributed by atoms with Crippen LogP contribution in [-0.4, -0.2) is 30.2 Å². The number of fused-ring (bicyclic) bond motifs is 1. The van der Waals surface area contributed by atoms with Crippen molar-refractivity contribution in [3.05, 3.63) is 16.0 Å². The summed E-state index contributed by atoms with van der Waals surface area (Å²) in [4.78, 5) is 25.1. The lowest BCUT2D eigenvalue weighted by Crippen LogP contribution is -2.44. The molecule has 0 fully saturated rings. The van der Waals surface area contributed by atoms with Gasteiger partial charge >= 0.3 is 11.9 Å². The molecular formula is C15H22N2O4S. The van der Waals surface area contributed by atoms with Crippen LogP contribution in [0.5, 0.6) is 0 Å². The van der Waals surface area contributed by atoms with Crippen LogP contribution in [0, 0.1) is 0 Å². The third-order valence-electron chi connectivity index (χ3n) is 3.20. The van der Waals surface area contributed by atoms with Gasteiger partial charge in [0.05, 0.1) is 12.2 Å². The van der Waals surface area contributed by atoms with Gasteiger partial charge in [-0.15, -0.1) is 11.3 Å². The van der Waals surface area contributed by atoms with Crippen LogP contribution in [-0.2, 0) is 27.2 Å². The van der Waals surface area contributed by atoms with Crippen molar-refractivity contribution in [3.63, 3.8) is 0 Å². The number of carbonyl (C=O) groups excluding carboxylic acids is 2. The van der Waals surface area contributed by atoms with Gasteiger partial charge in [0.1, 0.15) is 16.6 Å². The fourth-order valence-corrected chi connectivity index (χ4v) is 3.46. The van der Waals surface area contributed by atoms with Gasteiger partial charge in [0, 0.05) is 17.8 Å². The number of rotatable bonds is 3. The summed E-state index contributed by atoms with van der Waals surface area (Å²) in [5.41, 5.74) is 6.69. The van der Waals surface area contributed by atoms with Crippen LogP contribution >= 0.6 is 11.3 Å². The Bertz CT molecular complexity index is 589. The molecular weight excluding hydrogens is 304 g/mol. The van der Waals surface area contributed by atoms with E-state index >= 15 is 0 Å². The molecule has 0 bridgehead atoms. The number of nitrogens with two attached hydrogens (primary N) is 1. The zero-order valence-electron chi connectivity index (χ0n) is 13.3. The van der Waals surface area contributed by atoms with Crippen LogP contribution in [0.25, 0.3) is 0 Å². The lowest BCUT2D eigenvalue weighted by molar-refractivity contribution is -0.157. The molecule has 0 saturated heterocycles. The average Bonchev–Trinajstić information content (AvgIpc) is 2.71. The van der Waals surface area contributed by atoms with Crippen LogP contribution in [0.1, 0.15) is 48.5 Å². The lowest BCUT2D eigenvalue weighted by atomic mass is 10.0. The number of esters is 2. The van der Waals surface area contributed by atoms with E-state index in [0.717, 1.165) is 10.4 Å². The normalized spacial score (nSPS) is 17.7. The maximum absolute atomic E-state index is 12.1. The molecule has 1 aromatic rings. The molecule has 2 heterocycles. The van der Waals surface area contributed by atoms with E-state index in [-0.39, 0.29) is 5.97 Å². The van der Waals surface area contributed by atoms with Crippen molar-refractivity contribution in [2.24, 2.45) is 0 Å². The van der Waals surface area contributed by atoms with Crippen molar-refractivity contribution in [2.45, 2.75) is 52.3 Å². The van der Waals surface area contributed by atoms with E-state index in [0.29, 0.717) is 30.1 Å². The van der Waals surface area contributed by atoms with E-state index in [9.17, 15) is 9.59 Å². The quantitative estimate of drug-likeness (QED) is 0.824. The Morgan fingerprint density at radius 2 is 2.09 bits per heavy atom. The molecule has 1 aromatic heterocycles. The van der Waals surface area contributed by atoms with Crippen molar-refractivity contribution >= 4 is 28.3 Å². The van der Waals surface area contributed by atoms with Crippen molar-refractivity contribution in [1.29, 1.82) is 0 Å². The molecule has 6 nitrogen and oxygen atoms in total. The van der Waals surface area contributed by atoms with Crippen molar-refractivity contribution < 1.29 is 19.1 Å². The first kappa shape index (κ1) is 16.8. The summed E-state index contributed by atoms with van der Waals surface area (Å²) >= 11 is 1.34. The highest BCUT2D eigenvalue weighted by atomic mass is 32.1. The minimum atomic E-state index is -0.524. The zero-order valence-corrected chi connectivity index (χ0v) is 14.1. The molecule has 0 amide bonds. The van der Waals surface area contributed by atoms with Crippen LogP contribution in [0.15, 0.2) is 0 Å². The van der Waals surface area contributed by atoms with E-state index in [2.05, 4.69) is 5.32 Å². The summed E-state index contributed by atoms with van der Waals surface area (Å²) in [6, 6.07) is -0.417. The Morgan fingerprint density at radius 1 is 1.41 bits per heavy atom. The number of ether oxygens (including phenoxy) is 2. The van der Waals surface area contributed by atoms with Gasteiger partial charge in [-0.1, -0.05) is 0 Å². The first-order valence-corrected chi connectivity index (χ1v) is 8.08. The molecule has 1 aliphatic heterocycles. The van der Waals surface area contributed by atoms with E-state index in [1.807, 2.05) is 20.8 Å². The standard InChI is InChI=1S/C15H22N2O4S/c1-5-20-14(19)11-8-7-17-9(6-10(8)22-12(11)16)13(18)21-15(2,3)4/h9,17H,5-7,16H2,1-4H3/t9-/m0/s1. The third-order valence-corrected chi connectivity index (χ3v) is 4.29. The number of hydrogen-bond donors (Lipinski definition) is 2.